The van der Waals surface area contributed by atoms with E-state index in [4.69, 9.17) is 10.8 Å². The fraction of sp³-hybridized carbons (Fsp3) is 0.318. The monoisotopic (exact) mass is 377 g/mol. The third-order valence-electron chi connectivity index (χ3n) is 4.77. The van der Waals surface area contributed by atoms with E-state index in [1.807, 2.05) is 24.3 Å². The topological polar surface area (TPSA) is 85.8 Å². The first-order valence-corrected chi connectivity index (χ1v) is 9.71. The number of carbonyl (C=O) groups excluding carboxylic acids is 1. The zero-order valence-corrected chi connectivity index (χ0v) is 16.5. The standard InChI is InChI=1S/C22H27N5O/c1-3-19-18(14-24-22(28)20-12-8-11-17(13-23)25-20)21(4-2)27(26-19)15-16-9-6-5-7-10-16/h5-12H,3-4,13-15,23H2,1-2H3,(H,24,28). The van der Waals surface area contributed by atoms with E-state index in [0.717, 1.165) is 36.3 Å². The van der Waals surface area contributed by atoms with Crippen LogP contribution in [0, 0.1) is 0 Å². The molecule has 0 aliphatic heterocycles. The summed E-state index contributed by atoms with van der Waals surface area (Å²) in [6.07, 6.45) is 1.67. The minimum Gasteiger partial charge on any atom is -0.346 e. The Bertz CT molecular complexity index is 933. The summed E-state index contributed by atoms with van der Waals surface area (Å²) in [6, 6.07) is 15.6. The summed E-state index contributed by atoms with van der Waals surface area (Å²) in [5, 5.41) is 7.80. The van der Waals surface area contributed by atoms with E-state index in [1.165, 1.54) is 5.56 Å². The maximum absolute atomic E-state index is 12.5. The Morgan fingerprint density at radius 1 is 1.07 bits per heavy atom. The number of aryl methyl sites for hydroxylation is 1. The molecule has 0 radical (unpaired) electrons. The molecule has 28 heavy (non-hydrogen) atoms. The van der Waals surface area contributed by atoms with E-state index in [2.05, 4.69) is 41.0 Å². The highest BCUT2D eigenvalue weighted by molar-refractivity contribution is 5.92. The van der Waals surface area contributed by atoms with Crippen molar-refractivity contribution >= 4 is 5.91 Å². The number of carbonyl (C=O) groups is 1. The minimum absolute atomic E-state index is 0.199. The average molecular weight is 377 g/mol. The third-order valence-corrected chi connectivity index (χ3v) is 4.77. The number of nitrogens with two attached hydrogens (primary N) is 1. The van der Waals surface area contributed by atoms with Crippen LogP contribution in [0.5, 0.6) is 0 Å². The highest BCUT2D eigenvalue weighted by Crippen LogP contribution is 2.18. The van der Waals surface area contributed by atoms with E-state index >= 15 is 0 Å². The van der Waals surface area contributed by atoms with Crippen LogP contribution in [0.1, 0.15) is 52.5 Å². The lowest BCUT2D eigenvalue weighted by atomic mass is 10.1. The molecular formula is C22H27N5O. The van der Waals surface area contributed by atoms with E-state index < -0.39 is 0 Å². The first-order chi connectivity index (χ1) is 13.7. The summed E-state index contributed by atoms with van der Waals surface area (Å²) in [6.45, 7) is 5.69. The Morgan fingerprint density at radius 3 is 2.54 bits per heavy atom. The van der Waals surface area contributed by atoms with Gasteiger partial charge in [-0.2, -0.15) is 5.10 Å². The van der Waals surface area contributed by atoms with Crippen molar-refractivity contribution in [1.29, 1.82) is 0 Å². The molecule has 6 heteroatoms. The number of amides is 1. The minimum atomic E-state index is -0.199. The molecule has 0 saturated heterocycles. The van der Waals surface area contributed by atoms with Crippen molar-refractivity contribution in [2.24, 2.45) is 5.73 Å². The lowest BCUT2D eigenvalue weighted by Gasteiger charge is -2.10. The van der Waals surface area contributed by atoms with Gasteiger partial charge in [0.15, 0.2) is 0 Å². The molecule has 3 rings (SSSR count). The number of nitrogens with one attached hydrogen (secondary N) is 1. The van der Waals surface area contributed by atoms with Gasteiger partial charge in [0.05, 0.1) is 17.9 Å². The highest BCUT2D eigenvalue weighted by Gasteiger charge is 2.17. The molecule has 3 N–H and O–H groups in total. The van der Waals surface area contributed by atoms with Gasteiger partial charge in [-0.25, -0.2) is 4.98 Å². The van der Waals surface area contributed by atoms with Crippen molar-refractivity contribution in [3.8, 4) is 0 Å². The zero-order valence-electron chi connectivity index (χ0n) is 16.5. The highest BCUT2D eigenvalue weighted by atomic mass is 16.1. The van der Waals surface area contributed by atoms with Gasteiger partial charge in [-0.15, -0.1) is 0 Å². The van der Waals surface area contributed by atoms with Crippen molar-refractivity contribution in [2.45, 2.75) is 46.3 Å². The van der Waals surface area contributed by atoms with Crippen molar-refractivity contribution in [1.82, 2.24) is 20.1 Å². The largest absolute Gasteiger partial charge is 0.346 e. The van der Waals surface area contributed by atoms with Gasteiger partial charge >= 0.3 is 0 Å². The number of hydrogen-bond acceptors (Lipinski definition) is 4. The van der Waals surface area contributed by atoms with Crippen LogP contribution in [0.4, 0.5) is 0 Å². The average Bonchev–Trinajstić information content (AvgIpc) is 3.08. The van der Waals surface area contributed by atoms with Crippen LogP contribution in [0.15, 0.2) is 48.5 Å². The molecule has 6 nitrogen and oxygen atoms in total. The molecule has 3 aromatic rings. The summed E-state index contributed by atoms with van der Waals surface area (Å²) in [5.41, 5.74) is 11.2. The fourth-order valence-corrected chi connectivity index (χ4v) is 3.34. The summed E-state index contributed by atoms with van der Waals surface area (Å²) in [7, 11) is 0. The molecule has 146 valence electrons. The van der Waals surface area contributed by atoms with Crippen LogP contribution < -0.4 is 11.1 Å². The fourth-order valence-electron chi connectivity index (χ4n) is 3.34. The van der Waals surface area contributed by atoms with Gasteiger partial charge in [0.25, 0.3) is 5.91 Å². The summed E-state index contributed by atoms with van der Waals surface area (Å²) in [5.74, 6) is -0.199. The molecule has 1 amide bonds. The Balaban J connectivity index is 1.79. The van der Waals surface area contributed by atoms with Crippen LogP contribution in [0.3, 0.4) is 0 Å². The Kier molecular flexibility index (Phi) is 6.55. The lowest BCUT2D eigenvalue weighted by molar-refractivity contribution is 0.0945. The van der Waals surface area contributed by atoms with Crippen molar-refractivity contribution in [2.75, 3.05) is 0 Å². The molecule has 0 saturated carbocycles. The molecule has 0 unspecified atom stereocenters. The molecule has 0 atom stereocenters. The Labute approximate surface area is 165 Å². The smallest absolute Gasteiger partial charge is 0.270 e. The van der Waals surface area contributed by atoms with Crippen LogP contribution in [-0.4, -0.2) is 20.7 Å². The molecule has 2 heterocycles. The van der Waals surface area contributed by atoms with Gasteiger partial charge in [-0.1, -0.05) is 50.2 Å². The molecular weight excluding hydrogens is 350 g/mol. The zero-order chi connectivity index (χ0) is 19.9. The molecule has 0 spiro atoms. The first kappa shape index (κ1) is 19.8. The second kappa shape index (κ2) is 9.28. The SMILES string of the molecule is CCc1nn(Cc2ccccc2)c(CC)c1CNC(=O)c1cccc(CN)n1. The number of pyridine rings is 1. The first-order valence-electron chi connectivity index (χ1n) is 9.71. The van der Waals surface area contributed by atoms with Gasteiger partial charge in [-0.05, 0) is 30.5 Å². The van der Waals surface area contributed by atoms with Crippen LogP contribution in [0.2, 0.25) is 0 Å². The van der Waals surface area contributed by atoms with Gasteiger partial charge in [0.2, 0.25) is 0 Å². The van der Waals surface area contributed by atoms with Gasteiger partial charge in [0, 0.05) is 24.3 Å². The second-order valence-electron chi connectivity index (χ2n) is 6.62. The molecule has 1 aromatic carbocycles. The normalized spacial score (nSPS) is 10.8. The molecule has 0 fully saturated rings. The van der Waals surface area contributed by atoms with E-state index in [1.54, 1.807) is 12.1 Å². The van der Waals surface area contributed by atoms with Gasteiger partial charge in [0.1, 0.15) is 5.69 Å². The number of rotatable bonds is 8. The summed E-state index contributed by atoms with van der Waals surface area (Å²) < 4.78 is 2.06. The van der Waals surface area contributed by atoms with Crippen molar-refractivity contribution < 1.29 is 4.79 Å². The maximum atomic E-state index is 12.5. The van der Waals surface area contributed by atoms with Crippen LogP contribution in [0.25, 0.3) is 0 Å². The van der Waals surface area contributed by atoms with Crippen LogP contribution in [-0.2, 0) is 32.5 Å². The van der Waals surface area contributed by atoms with Gasteiger partial charge in [-0.3, -0.25) is 9.48 Å². The lowest BCUT2D eigenvalue weighted by Crippen LogP contribution is -2.25. The number of nitrogens with zero attached hydrogens (tertiary/aromatic N) is 3. The van der Waals surface area contributed by atoms with Crippen LogP contribution >= 0.6 is 0 Å². The van der Waals surface area contributed by atoms with E-state index in [9.17, 15) is 4.79 Å². The molecule has 0 aliphatic carbocycles. The Hall–Kier alpha value is -2.99. The summed E-state index contributed by atoms with van der Waals surface area (Å²) in [4.78, 5) is 16.8. The van der Waals surface area contributed by atoms with Crippen molar-refractivity contribution in [3.63, 3.8) is 0 Å². The van der Waals surface area contributed by atoms with Gasteiger partial charge < -0.3 is 11.1 Å². The van der Waals surface area contributed by atoms with E-state index in [0.29, 0.717) is 24.5 Å². The number of aromatic nitrogens is 3. The number of benzene rings is 1. The third kappa shape index (κ3) is 4.46. The summed E-state index contributed by atoms with van der Waals surface area (Å²) >= 11 is 0. The molecule has 2 aromatic heterocycles. The van der Waals surface area contributed by atoms with Crippen molar-refractivity contribution in [3.05, 3.63) is 82.4 Å². The Morgan fingerprint density at radius 2 is 1.86 bits per heavy atom. The quantitative estimate of drug-likeness (QED) is 0.632. The van der Waals surface area contributed by atoms with E-state index in [-0.39, 0.29) is 5.91 Å². The predicted molar refractivity (Wildman–Crippen MR) is 110 cm³/mol. The molecule has 0 aliphatic rings. The second-order valence-corrected chi connectivity index (χ2v) is 6.62. The molecule has 0 bridgehead atoms. The maximum Gasteiger partial charge on any atom is 0.270 e. The predicted octanol–water partition coefficient (Wildman–Crippen LogP) is 2.84. The number of hydrogen-bond donors (Lipinski definition) is 2.